The second kappa shape index (κ2) is 4.81. The molecule has 0 atom stereocenters. The molecule has 4 heteroatoms. The first-order valence-corrected chi connectivity index (χ1v) is 5.27. The lowest BCUT2D eigenvalue weighted by Gasteiger charge is -2.04. The molecule has 0 bridgehead atoms. The molecule has 1 aromatic carbocycles. The summed E-state index contributed by atoms with van der Waals surface area (Å²) in [6.07, 6.45) is 1.92. The number of aromatic amines is 1. The van der Waals surface area contributed by atoms with E-state index in [1.165, 1.54) is 10.9 Å². The second-order valence-electron chi connectivity index (χ2n) is 3.68. The van der Waals surface area contributed by atoms with E-state index in [-0.39, 0.29) is 5.91 Å². The Morgan fingerprint density at radius 2 is 2.25 bits per heavy atom. The molecular formula is C12H15N3O. The highest BCUT2D eigenvalue weighted by Gasteiger charge is 1.99. The lowest BCUT2D eigenvalue weighted by Crippen LogP contribution is -2.30. The second-order valence-corrected chi connectivity index (χ2v) is 3.68. The molecule has 0 radical (unpaired) electrons. The molecule has 1 heterocycles. The van der Waals surface area contributed by atoms with E-state index in [9.17, 15) is 4.79 Å². The minimum absolute atomic E-state index is 0.00252. The summed E-state index contributed by atoms with van der Waals surface area (Å²) >= 11 is 0. The van der Waals surface area contributed by atoms with Crippen molar-refractivity contribution in [3.63, 3.8) is 0 Å². The van der Waals surface area contributed by atoms with Crippen LogP contribution in [0.5, 0.6) is 0 Å². The molecule has 84 valence electrons. The fraction of sp³-hybridized carbons (Fsp3) is 0.250. The van der Waals surface area contributed by atoms with E-state index in [0.29, 0.717) is 13.1 Å². The number of hydrogen-bond donors (Lipinski definition) is 3. The van der Waals surface area contributed by atoms with Gasteiger partial charge in [0.05, 0.1) is 6.54 Å². The van der Waals surface area contributed by atoms with E-state index in [2.05, 4.69) is 27.8 Å². The minimum atomic E-state index is 0.00252. The van der Waals surface area contributed by atoms with E-state index in [1.54, 1.807) is 7.05 Å². The van der Waals surface area contributed by atoms with E-state index >= 15 is 0 Å². The van der Waals surface area contributed by atoms with Crippen molar-refractivity contribution in [1.29, 1.82) is 0 Å². The number of nitrogens with one attached hydrogen (secondary N) is 3. The summed E-state index contributed by atoms with van der Waals surface area (Å²) in [6.45, 7) is 1.05. The molecule has 0 saturated heterocycles. The van der Waals surface area contributed by atoms with Gasteiger partial charge < -0.3 is 15.6 Å². The molecule has 0 spiro atoms. The normalized spacial score (nSPS) is 10.6. The molecule has 0 fully saturated rings. The smallest absolute Gasteiger partial charge is 0.233 e. The first kappa shape index (κ1) is 10.7. The van der Waals surface area contributed by atoms with Gasteiger partial charge in [0.15, 0.2) is 0 Å². The average Bonchev–Trinajstić information content (AvgIpc) is 2.76. The van der Waals surface area contributed by atoms with Gasteiger partial charge in [0.25, 0.3) is 0 Å². The van der Waals surface area contributed by atoms with Crippen LogP contribution >= 0.6 is 0 Å². The molecule has 2 rings (SSSR count). The Bertz CT molecular complexity index is 490. The lowest BCUT2D eigenvalue weighted by molar-refractivity contribution is -0.119. The molecular weight excluding hydrogens is 202 g/mol. The SMILES string of the molecule is CNC(=O)CNCc1ccc2[nH]ccc2c1. The van der Waals surface area contributed by atoms with Crippen molar-refractivity contribution >= 4 is 16.8 Å². The Morgan fingerprint density at radius 3 is 3.06 bits per heavy atom. The third kappa shape index (κ3) is 2.41. The van der Waals surface area contributed by atoms with Crippen LogP contribution in [0.4, 0.5) is 0 Å². The molecule has 0 unspecified atom stereocenters. The fourth-order valence-corrected chi connectivity index (χ4v) is 1.62. The van der Waals surface area contributed by atoms with Gasteiger partial charge in [-0.3, -0.25) is 4.79 Å². The van der Waals surface area contributed by atoms with Crippen LogP contribution in [0, 0.1) is 0 Å². The molecule has 1 amide bonds. The summed E-state index contributed by atoms with van der Waals surface area (Å²) in [7, 11) is 1.63. The number of hydrogen-bond acceptors (Lipinski definition) is 2. The van der Waals surface area contributed by atoms with Crippen molar-refractivity contribution in [2.24, 2.45) is 0 Å². The number of fused-ring (bicyclic) bond motifs is 1. The third-order valence-electron chi connectivity index (χ3n) is 2.51. The fourth-order valence-electron chi connectivity index (χ4n) is 1.62. The molecule has 4 nitrogen and oxygen atoms in total. The predicted octanol–water partition coefficient (Wildman–Crippen LogP) is 1.00. The predicted molar refractivity (Wildman–Crippen MR) is 64.1 cm³/mol. The standard InChI is InChI=1S/C12H15N3O/c1-13-12(16)8-14-7-9-2-3-11-10(6-9)4-5-15-11/h2-6,14-15H,7-8H2,1H3,(H,13,16). The van der Waals surface area contributed by atoms with Gasteiger partial charge in [0.2, 0.25) is 5.91 Å². The molecule has 0 aliphatic heterocycles. The van der Waals surface area contributed by atoms with E-state index < -0.39 is 0 Å². The number of benzene rings is 1. The number of carbonyl (C=O) groups excluding carboxylic acids is 1. The van der Waals surface area contributed by atoms with Crippen LogP contribution in [-0.2, 0) is 11.3 Å². The van der Waals surface area contributed by atoms with E-state index in [0.717, 1.165) is 5.52 Å². The van der Waals surface area contributed by atoms with Gasteiger partial charge in [0, 0.05) is 25.3 Å². The third-order valence-corrected chi connectivity index (χ3v) is 2.51. The maximum atomic E-state index is 11.0. The maximum Gasteiger partial charge on any atom is 0.233 e. The molecule has 3 N–H and O–H groups in total. The number of likely N-dealkylation sites (N-methyl/N-ethyl adjacent to an activating group) is 1. The summed E-state index contributed by atoms with van der Waals surface area (Å²) in [6, 6.07) is 8.25. The molecule has 1 aromatic heterocycles. The quantitative estimate of drug-likeness (QED) is 0.715. The van der Waals surface area contributed by atoms with Crippen LogP contribution in [0.1, 0.15) is 5.56 Å². The summed E-state index contributed by atoms with van der Waals surface area (Å²) in [5.74, 6) is 0.00252. The van der Waals surface area contributed by atoms with Gasteiger partial charge in [-0.1, -0.05) is 6.07 Å². The topological polar surface area (TPSA) is 56.9 Å². The van der Waals surface area contributed by atoms with Crippen molar-refractivity contribution in [2.45, 2.75) is 6.54 Å². The van der Waals surface area contributed by atoms with Crippen LogP contribution in [0.2, 0.25) is 0 Å². The molecule has 0 aliphatic rings. The monoisotopic (exact) mass is 217 g/mol. The van der Waals surface area contributed by atoms with Gasteiger partial charge in [-0.2, -0.15) is 0 Å². The van der Waals surface area contributed by atoms with Crippen LogP contribution in [0.25, 0.3) is 10.9 Å². The first-order chi connectivity index (χ1) is 7.79. The van der Waals surface area contributed by atoms with Gasteiger partial charge >= 0.3 is 0 Å². The van der Waals surface area contributed by atoms with Crippen LogP contribution in [0.15, 0.2) is 30.5 Å². The zero-order valence-electron chi connectivity index (χ0n) is 9.21. The van der Waals surface area contributed by atoms with E-state index in [1.807, 2.05) is 18.3 Å². The number of carbonyl (C=O) groups is 1. The molecule has 2 aromatic rings. The van der Waals surface area contributed by atoms with Crippen molar-refractivity contribution in [2.75, 3.05) is 13.6 Å². The van der Waals surface area contributed by atoms with Gasteiger partial charge in [-0.25, -0.2) is 0 Å². The van der Waals surface area contributed by atoms with Crippen molar-refractivity contribution in [3.05, 3.63) is 36.0 Å². The highest BCUT2D eigenvalue weighted by Crippen LogP contribution is 2.13. The summed E-state index contributed by atoms with van der Waals surface area (Å²) in [5.41, 5.74) is 2.31. The summed E-state index contributed by atoms with van der Waals surface area (Å²) in [4.78, 5) is 14.1. The van der Waals surface area contributed by atoms with Crippen LogP contribution < -0.4 is 10.6 Å². The van der Waals surface area contributed by atoms with Crippen LogP contribution in [-0.4, -0.2) is 24.5 Å². The van der Waals surface area contributed by atoms with E-state index in [4.69, 9.17) is 0 Å². The Morgan fingerprint density at radius 1 is 1.38 bits per heavy atom. The lowest BCUT2D eigenvalue weighted by atomic mass is 10.1. The van der Waals surface area contributed by atoms with Crippen molar-refractivity contribution < 1.29 is 4.79 Å². The Hall–Kier alpha value is -1.81. The van der Waals surface area contributed by atoms with Gasteiger partial charge in [-0.15, -0.1) is 0 Å². The zero-order valence-corrected chi connectivity index (χ0v) is 9.21. The molecule has 16 heavy (non-hydrogen) atoms. The largest absolute Gasteiger partial charge is 0.361 e. The number of amides is 1. The van der Waals surface area contributed by atoms with Gasteiger partial charge in [0.1, 0.15) is 0 Å². The first-order valence-electron chi connectivity index (χ1n) is 5.27. The Balaban J connectivity index is 1.96. The Labute approximate surface area is 94.0 Å². The number of aromatic nitrogens is 1. The van der Waals surface area contributed by atoms with Gasteiger partial charge in [-0.05, 0) is 29.1 Å². The average molecular weight is 217 g/mol. The highest BCUT2D eigenvalue weighted by molar-refractivity contribution is 5.80. The molecule has 0 aliphatic carbocycles. The zero-order chi connectivity index (χ0) is 11.4. The highest BCUT2D eigenvalue weighted by atomic mass is 16.1. The Kier molecular flexibility index (Phi) is 3.22. The van der Waals surface area contributed by atoms with Crippen molar-refractivity contribution in [1.82, 2.24) is 15.6 Å². The number of H-pyrrole nitrogens is 1. The summed E-state index contributed by atoms with van der Waals surface area (Å²) < 4.78 is 0. The minimum Gasteiger partial charge on any atom is -0.361 e. The maximum absolute atomic E-state index is 11.0. The molecule has 0 saturated carbocycles. The van der Waals surface area contributed by atoms with Crippen LogP contribution in [0.3, 0.4) is 0 Å². The summed E-state index contributed by atoms with van der Waals surface area (Å²) in [5, 5.41) is 6.85. The van der Waals surface area contributed by atoms with Crippen molar-refractivity contribution in [3.8, 4) is 0 Å². The number of rotatable bonds is 4.